The minimum atomic E-state index is -0.532. The number of ketones is 1. The van der Waals surface area contributed by atoms with Crippen LogP contribution in [0.15, 0.2) is 45.8 Å². The molecular formula is C14H11BrFNO3. The quantitative estimate of drug-likeness (QED) is 0.804. The summed E-state index contributed by atoms with van der Waals surface area (Å²) in [6.45, 7) is -0.182. The number of rotatable bonds is 4. The maximum Gasteiger partial charge on any atom is 0.265 e. The highest BCUT2D eigenvalue weighted by atomic mass is 79.9. The molecule has 20 heavy (non-hydrogen) atoms. The molecule has 0 spiro atoms. The predicted octanol–water partition coefficient (Wildman–Crippen LogP) is 2.64. The Hall–Kier alpha value is -1.95. The van der Waals surface area contributed by atoms with Gasteiger partial charge in [-0.25, -0.2) is 4.39 Å². The molecule has 0 atom stereocenters. The van der Waals surface area contributed by atoms with E-state index in [1.165, 1.54) is 30.0 Å². The molecule has 1 heterocycles. The second-order valence-electron chi connectivity index (χ2n) is 4.06. The average Bonchev–Trinajstić information content (AvgIpc) is 2.43. The second-order valence-corrected chi connectivity index (χ2v) is 4.91. The highest BCUT2D eigenvalue weighted by Crippen LogP contribution is 2.20. The van der Waals surface area contributed by atoms with Crippen LogP contribution in [0.5, 0.6) is 5.75 Å². The highest BCUT2D eigenvalue weighted by molar-refractivity contribution is 9.10. The van der Waals surface area contributed by atoms with Crippen molar-refractivity contribution in [1.29, 1.82) is 0 Å². The number of hydrogen-bond acceptors (Lipinski definition) is 3. The van der Waals surface area contributed by atoms with Crippen LogP contribution < -0.4 is 10.3 Å². The first-order chi connectivity index (χ1) is 9.52. The number of hydrogen-bond donors (Lipinski definition) is 0. The fourth-order valence-corrected chi connectivity index (χ4v) is 2.15. The Labute approximate surface area is 122 Å². The molecule has 0 N–H and O–H groups in total. The normalized spacial score (nSPS) is 10.3. The van der Waals surface area contributed by atoms with Gasteiger partial charge in [0.2, 0.25) is 0 Å². The monoisotopic (exact) mass is 339 g/mol. The largest absolute Gasteiger partial charge is 0.496 e. The SMILES string of the molecule is COc1ccc(F)cc1C(=O)Cn1cccc(Br)c1=O. The van der Waals surface area contributed by atoms with E-state index in [1.807, 2.05) is 0 Å². The summed E-state index contributed by atoms with van der Waals surface area (Å²) < 4.78 is 19.9. The second kappa shape index (κ2) is 6.00. The first kappa shape index (κ1) is 14.5. The number of halogens is 2. The molecule has 0 fully saturated rings. The van der Waals surface area contributed by atoms with E-state index < -0.39 is 11.6 Å². The number of ether oxygens (including phenoxy) is 1. The fourth-order valence-electron chi connectivity index (χ4n) is 1.77. The van der Waals surface area contributed by atoms with Gasteiger partial charge in [-0.3, -0.25) is 9.59 Å². The summed E-state index contributed by atoms with van der Waals surface area (Å²) in [6, 6.07) is 6.92. The summed E-state index contributed by atoms with van der Waals surface area (Å²) in [5, 5.41) is 0. The number of pyridine rings is 1. The van der Waals surface area contributed by atoms with Gasteiger partial charge in [-0.05, 0) is 46.3 Å². The zero-order valence-electron chi connectivity index (χ0n) is 10.6. The van der Waals surface area contributed by atoms with Crippen molar-refractivity contribution in [1.82, 2.24) is 4.57 Å². The van der Waals surface area contributed by atoms with Crippen LogP contribution in [-0.2, 0) is 6.54 Å². The van der Waals surface area contributed by atoms with E-state index in [4.69, 9.17) is 4.74 Å². The number of aromatic nitrogens is 1. The van der Waals surface area contributed by atoms with Gasteiger partial charge in [0, 0.05) is 6.20 Å². The molecule has 1 aromatic carbocycles. The van der Waals surface area contributed by atoms with Crippen LogP contribution in [0.25, 0.3) is 0 Å². The van der Waals surface area contributed by atoms with Crippen LogP contribution >= 0.6 is 15.9 Å². The summed E-state index contributed by atoms with van der Waals surface area (Å²) in [7, 11) is 1.40. The van der Waals surface area contributed by atoms with Gasteiger partial charge in [0.05, 0.1) is 23.7 Å². The van der Waals surface area contributed by atoms with Crippen LogP contribution in [-0.4, -0.2) is 17.5 Å². The molecule has 0 aliphatic carbocycles. The molecule has 0 saturated heterocycles. The zero-order chi connectivity index (χ0) is 14.7. The molecule has 2 aromatic rings. The number of nitrogens with zero attached hydrogens (tertiary/aromatic N) is 1. The molecule has 0 amide bonds. The molecular weight excluding hydrogens is 329 g/mol. The average molecular weight is 340 g/mol. The van der Waals surface area contributed by atoms with Gasteiger partial charge in [-0.15, -0.1) is 0 Å². The number of benzene rings is 1. The maximum absolute atomic E-state index is 13.2. The summed E-state index contributed by atoms with van der Waals surface area (Å²) in [6.07, 6.45) is 1.50. The Morgan fingerprint density at radius 2 is 2.15 bits per heavy atom. The lowest BCUT2D eigenvalue weighted by atomic mass is 10.1. The number of Topliss-reactive ketones (excluding diaryl/α,β-unsaturated/α-hetero) is 1. The molecule has 0 aliphatic rings. The van der Waals surface area contributed by atoms with E-state index in [-0.39, 0.29) is 23.4 Å². The van der Waals surface area contributed by atoms with Crippen LogP contribution in [0.4, 0.5) is 4.39 Å². The molecule has 1 aromatic heterocycles. The molecule has 0 bridgehead atoms. The fraction of sp³-hybridized carbons (Fsp3) is 0.143. The van der Waals surface area contributed by atoms with Gasteiger partial charge in [-0.2, -0.15) is 0 Å². The van der Waals surface area contributed by atoms with Crippen LogP contribution in [0, 0.1) is 5.82 Å². The van der Waals surface area contributed by atoms with E-state index in [1.54, 1.807) is 12.1 Å². The molecule has 104 valence electrons. The van der Waals surface area contributed by atoms with Crippen molar-refractivity contribution in [2.75, 3.05) is 7.11 Å². The molecule has 4 nitrogen and oxygen atoms in total. The van der Waals surface area contributed by atoms with Crippen LogP contribution in [0.3, 0.4) is 0 Å². The molecule has 0 radical (unpaired) electrons. The van der Waals surface area contributed by atoms with Gasteiger partial charge < -0.3 is 9.30 Å². The third-order valence-electron chi connectivity index (χ3n) is 2.75. The lowest BCUT2D eigenvalue weighted by Crippen LogP contribution is -2.24. The van der Waals surface area contributed by atoms with Gasteiger partial charge in [0.25, 0.3) is 5.56 Å². The molecule has 0 unspecified atom stereocenters. The summed E-state index contributed by atoms with van der Waals surface area (Å²) in [4.78, 5) is 24.0. The molecule has 6 heteroatoms. The van der Waals surface area contributed by atoms with Crippen molar-refractivity contribution in [2.45, 2.75) is 6.54 Å². The Kier molecular flexibility index (Phi) is 4.34. The first-order valence-corrected chi connectivity index (χ1v) is 6.54. The lowest BCUT2D eigenvalue weighted by Gasteiger charge is -2.09. The molecule has 2 rings (SSSR count). The molecule has 0 aliphatic heterocycles. The minimum absolute atomic E-state index is 0.111. The van der Waals surface area contributed by atoms with Crippen LogP contribution in [0.2, 0.25) is 0 Å². The number of methoxy groups -OCH3 is 1. The zero-order valence-corrected chi connectivity index (χ0v) is 12.2. The van der Waals surface area contributed by atoms with Crippen molar-refractivity contribution in [3.05, 3.63) is 62.7 Å². The predicted molar refractivity (Wildman–Crippen MR) is 75.7 cm³/mol. The lowest BCUT2D eigenvalue weighted by molar-refractivity contribution is 0.0967. The Morgan fingerprint density at radius 3 is 2.85 bits per heavy atom. The Balaban J connectivity index is 2.35. The first-order valence-electron chi connectivity index (χ1n) is 5.74. The summed E-state index contributed by atoms with van der Waals surface area (Å²) in [5.74, 6) is -0.656. The van der Waals surface area contributed by atoms with Gasteiger partial charge in [0.15, 0.2) is 5.78 Å². The van der Waals surface area contributed by atoms with Gasteiger partial charge in [0.1, 0.15) is 11.6 Å². The Morgan fingerprint density at radius 1 is 1.40 bits per heavy atom. The van der Waals surface area contributed by atoms with E-state index in [0.717, 1.165) is 6.07 Å². The topological polar surface area (TPSA) is 48.3 Å². The van der Waals surface area contributed by atoms with E-state index in [0.29, 0.717) is 4.47 Å². The minimum Gasteiger partial charge on any atom is -0.496 e. The smallest absolute Gasteiger partial charge is 0.265 e. The number of carbonyl (C=O) groups excluding carboxylic acids is 1. The van der Waals surface area contributed by atoms with Crippen molar-refractivity contribution in [2.24, 2.45) is 0 Å². The van der Waals surface area contributed by atoms with E-state index >= 15 is 0 Å². The number of carbonyl (C=O) groups is 1. The van der Waals surface area contributed by atoms with Gasteiger partial charge in [-0.1, -0.05) is 0 Å². The van der Waals surface area contributed by atoms with E-state index in [9.17, 15) is 14.0 Å². The van der Waals surface area contributed by atoms with Crippen LogP contribution in [0.1, 0.15) is 10.4 Å². The van der Waals surface area contributed by atoms with Gasteiger partial charge >= 0.3 is 0 Å². The third-order valence-corrected chi connectivity index (χ3v) is 3.35. The standard InChI is InChI=1S/C14H11BrFNO3/c1-20-13-5-4-9(16)7-10(13)12(18)8-17-6-2-3-11(15)14(17)19/h2-7H,8H2,1H3. The summed E-state index contributed by atoms with van der Waals surface area (Å²) in [5.41, 5.74) is -0.212. The van der Waals surface area contributed by atoms with Crippen molar-refractivity contribution >= 4 is 21.7 Å². The van der Waals surface area contributed by atoms with Crippen molar-refractivity contribution in [3.63, 3.8) is 0 Å². The Bertz CT molecular complexity index is 712. The van der Waals surface area contributed by atoms with Crippen molar-refractivity contribution < 1.29 is 13.9 Å². The highest BCUT2D eigenvalue weighted by Gasteiger charge is 2.15. The molecule has 0 saturated carbocycles. The van der Waals surface area contributed by atoms with Crippen molar-refractivity contribution in [3.8, 4) is 5.75 Å². The van der Waals surface area contributed by atoms with E-state index in [2.05, 4.69) is 15.9 Å². The third kappa shape index (κ3) is 2.96. The maximum atomic E-state index is 13.2. The summed E-state index contributed by atoms with van der Waals surface area (Å²) >= 11 is 3.10.